The summed E-state index contributed by atoms with van der Waals surface area (Å²) in [6.45, 7) is 0.634. The molecule has 3 aromatic carbocycles. The van der Waals surface area contributed by atoms with Crippen molar-refractivity contribution in [2.75, 3.05) is 6.54 Å². The quantitative estimate of drug-likeness (QED) is 0.519. The largest absolute Gasteiger partial charge is 0.478 e. The predicted octanol–water partition coefficient (Wildman–Crippen LogP) is 4.21. The van der Waals surface area contributed by atoms with E-state index in [4.69, 9.17) is 9.84 Å². The van der Waals surface area contributed by atoms with E-state index in [1.807, 2.05) is 48.5 Å². The first-order valence-electron chi connectivity index (χ1n) is 8.82. The van der Waals surface area contributed by atoms with E-state index in [1.54, 1.807) is 18.2 Å². The summed E-state index contributed by atoms with van der Waals surface area (Å²) in [4.78, 5) is 22.7. The smallest absolute Gasteiger partial charge is 0.407 e. The van der Waals surface area contributed by atoms with E-state index >= 15 is 0 Å². The van der Waals surface area contributed by atoms with E-state index in [2.05, 4.69) is 17.2 Å². The van der Waals surface area contributed by atoms with Crippen LogP contribution in [-0.2, 0) is 11.3 Å². The fourth-order valence-electron chi connectivity index (χ4n) is 2.62. The third-order valence-corrected chi connectivity index (χ3v) is 4.05. The van der Waals surface area contributed by atoms with E-state index in [1.165, 1.54) is 0 Å². The molecule has 0 aliphatic rings. The maximum absolute atomic E-state index is 11.6. The Morgan fingerprint density at radius 2 is 1.71 bits per heavy atom. The molecule has 0 fully saturated rings. The molecule has 0 atom stereocenters. The van der Waals surface area contributed by atoms with Gasteiger partial charge in [0.1, 0.15) is 6.61 Å². The van der Waals surface area contributed by atoms with E-state index in [0.717, 1.165) is 21.9 Å². The highest BCUT2D eigenvalue weighted by atomic mass is 16.5. The molecule has 0 aliphatic carbocycles. The summed E-state index contributed by atoms with van der Waals surface area (Å²) in [6, 6.07) is 20.1. The monoisotopic (exact) mass is 373 g/mol. The number of carbonyl (C=O) groups excluding carboxylic acids is 1. The van der Waals surface area contributed by atoms with Gasteiger partial charge in [0, 0.05) is 18.5 Å². The summed E-state index contributed by atoms with van der Waals surface area (Å²) >= 11 is 0. The lowest BCUT2D eigenvalue weighted by molar-refractivity contribution is 0.0697. The molecule has 0 saturated heterocycles. The highest BCUT2D eigenvalue weighted by molar-refractivity contribution is 5.94. The zero-order valence-electron chi connectivity index (χ0n) is 15.1. The van der Waals surface area contributed by atoms with Gasteiger partial charge < -0.3 is 15.2 Å². The van der Waals surface area contributed by atoms with E-state index < -0.39 is 12.1 Å². The van der Waals surface area contributed by atoms with Crippen LogP contribution >= 0.6 is 0 Å². The lowest BCUT2D eigenvalue weighted by Gasteiger charge is -2.05. The molecule has 0 aromatic heterocycles. The maximum atomic E-state index is 11.6. The molecule has 0 spiro atoms. The molecule has 28 heavy (non-hydrogen) atoms. The van der Waals surface area contributed by atoms with Crippen molar-refractivity contribution in [2.24, 2.45) is 0 Å². The van der Waals surface area contributed by atoms with Crippen LogP contribution in [-0.4, -0.2) is 23.7 Å². The zero-order valence-corrected chi connectivity index (χ0v) is 15.1. The van der Waals surface area contributed by atoms with Crippen molar-refractivity contribution in [2.45, 2.75) is 13.0 Å². The van der Waals surface area contributed by atoms with Gasteiger partial charge in [0.05, 0.1) is 5.56 Å². The van der Waals surface area contributed by atoms with Gasteiger partial charge in [0.2, 0.25) is 0 Å². The first kappa shape index (κ1) is 19.0. The summed E-state index contributed by atoms with van der Waals surface area (Å²) < 4.78 is 5.13. The molecule has 2 N–H and O–H groups in total. The van der Waals surface area contributed by atoms with Crippen molar-refractivity contribution in [3.05, 3.63) is 83.4 Å². The SMILES string of the molecule is O=C(NCCC#Cc1ccc2cc(C(=O)O)ccc2c1)OCc1ccccc1. The average Bonchev–Trinajstić information content (AvgIpc) is 2.72. The first-order valence-corrected chi connectivity index (χ1v) is 8.82. The molecule has 3 rings (SSSR count). The minimum absolute atomic E-state index is 0.235. The molecule has 0 saturated carbocycles. The van der Waals surface area contributed by atoms with Gasteiger partial charge in [-0.1, -0.05) is 54.3 Å². The molecule has 0 unspecified atom stereocenters. The van der Waals surface area contributed by atoms with Crippen LogP contribution in [0.2, 0.25) is 0 Å². The molecule has 5 nitrogen and oxygen atoms in total. The van der Waals surface area contributed by atoms with Crippen molar-refractivity contribution in [3.8, 4) is 11.8 Å². The van der Waals surface area contributed by atoms with Gasteiger partial charge in [-0.25, -0.2) is 9.59 Å². The molecule has 1 amide bonds. The molecule has 140 valence electrons. The average molecular weight is 373 g/mol. The van der Waals surface area contributed by atoms with Crippen molar-refractivity contribution >= 4 is 22.8 Å². The Kier molecular flexibility index (Phi) is 6.27. The second kappa shape index (κ2) is 9.24. The fraction of sp³-hybridized carbons (Fsp3) is 0.130. The highest BCUT2D eigenvalue weighted by Gasteiger charge is 2.04. The number of amides is 1. The topological polar surface area (TPSA) is 75.6 Å². The normalized spacial score (nSPS) is 10.0. The van der Waals surface area contributed by atoms with Crippen LogP contribution in [0.3, 0.4) is 0 Å². The Balaban J connectivity index is 1.47. The molecular weight excluding hydrogens is 354 g/mol. The number of hydrogen-bond donors (Lipinski definition) is 2. The van der Waals surface area contributed by atoms with Gasteiger partial charge in [-0.05, 0) is 40.6 Å². The molecule has 0 heterocycles. The lowest BCUT2D eigenvalue weighted by atomic mass is 10.0. The summed E-state index contributed by atoms with van der Waals surface area (Å²) in [5.41, 5.74) is 2.03. The van der Waals surface area contributed by atoms with Gasteiger partial charge in [0.15, 0.2) is 0 Å². The van der Waals surface area contributed by atoms with Crippen LogP contribution in [0.1, 0.15) is 27.9 Å². The molecule has 0 radical (unpaired) electrons. The van der Waals surface area contributed by atoms with Crippen LogP contribution in [0, 0.1) is 11.8 Å². The number of alkyl carbamates (subject to hydrolysis) is 1. The van der Waals surface area contributed by atoms with E-state index in [9.17, 15) is 9.59 Å². The Labute approximate surface area is 163 Å². The molecule has 0 bridgehead atoms. The van der Waals surface area contributed by atoms with Crippen LogP contribution in [0.15, 0.2) is 66.7 Å². The number of benzene rings is 3. The van der Waals surface area contributed by atoms with Crippen molar-refractivity contribution in [3.63, 3.8) is 0 Å². The summed E-state index contributed by atoms with van der Waals surface area (Å²) in [5.74, 6) is 5.11. The Morgan fingerprint density at radius 1 is 0.964 bits per heavy atom. The van der Waals surface area contributed by atoms with Crippen LogP contribution in [0.4, 0.5) is 4.79 Å². The minimum Gasteiger partial charge on any atom is -0.478 e. The molecule has 3 aromatic rings. The number of ether oxygens (including phenoxy) is 1. The fourth-order valence-corrected chi connectivity index (χ4v) is 2.62. The lowest BCUT2D eigenvalue weighted by Crippen LogP contribution is -2.24. The predicted molar refractivity (Wildman–Crippen MR) is 107 cm³/mol. The summed E-state index contributed by atoms with van der Waals surface area (Å²) in [5, 5.41) is 13.5. The Bertz CT molecular complexity index is 1050. The number of hydrogen-bond acceptors (Lipinski definition) is 3. The first-order chi connectivity index (χ1) is 13.6. The third-order valence-electron chi connectivity index (χ3n) is 4.05. The Hall–Kier alpha value is -3.78. The van der Waals surface area contributed by atoms with Crippen LogP contribution < -0.4 is 5.32 Å². The maximum Gasteiger partial charge on any atom is 0.407 e. The highest BCUT2D eigenvalue weighted by Crippen LogP contribution is 2.17. The second-order valence-electron chi connectivity index (χ2n) is 6.12. The van der Waals surface area contributed by atoms with Gasteiger partial charge in [-0.15, -0.1) is 0 Å². The number of aromatic carboxylic acids is 1. The molecule has 0 aliphatic heterocycles. The minimum atomic E-state index is -0.944. The molecule has 5 heteroatoms. The number of carbonyl (C=O) groups is 2. The zero-order chi connectivity index (χ0) is 19.8. The van der Waals surface area contributed by atoms with Crippen molar-refractivity contribution < 1.29 is 19.4 Å². The third kappa shape index (κ3) is 5.36. The number of carboxylic acids is 1. The van der Waals surface area contributed by atoms with Crippen LogP contribution in [0.25, 0.3) is 10.8 Å². The molecular formula is C23H19NO4. The van der Waals surface area contributed by atoms with Gasteiger partial charge in [-0.2, -0.15) is 0 Å². The van der Waals surface area contributed by atoms with E-state index in [0.29, 0.717) is 13.0 Å². The van der Waals surface area contributed by atoms with Crippen molar-refractivity contribution in [1.82, 2.24) is 5.32 Å². The van der Waals surface area contributed by atoms with Gasteiger partial charge >= 0.3 is 12.1 Å². The van der Waals surface area contributed by atoms with Crippen LogP contribution in [0.5, 0.6) is 0 Å². The van der Waals surface area contributed by atoms with E-state index in [-0.39, 0.29) is 12.2 Å². The van der Waals surface area contributed by atoms with Gasteiger partial charge in [-0.3, -0.25) is 0 Å². The standard InChI is InChI=1S/C23H19NO4/c25-22(26)21-12-11-19-14-17(9-10-20(19)15-21)6-4-5-13-24-23(27)28-16-18-7-2-1-3-8-18/h1-3,7-12,14-15H,5,13,16H2,(H,24,27)(H,25,26). The Morgan fingerprint density at radius 3 is 2.50 bits per heavy atom. The number of fused-ring (bicyclic) bond motifs is 1. The van der Waals surface area contributed by atoms with Crippen molar-refractivity contribution in [1.29, 1.82) is 0 Å². The number of carboxylic acid groups (broad SMARTS) is 1. The second-order valence-corrected chi connectivity index (χ2v) is 6.12. The summed E-state index contributed by atoms with van der Waals surface area (Å²) in [6.07, 6.45) is 0.0294. The summed E-state index contributed by atoms with van der Waals surface area (Å²) in [7, 11) is 0. The number of rotatable bonds is 5. The number of nitrogens with one attached hydrogen (secondary N) is 1. The van der Waals surface area contributed by atoms with Gasteiger partial charge in [0.25, 0.3) is 0 Å².